The van der Waals surface area contributed by atoms with Crippen LogP contribution in [0.25, 0.3) is 11.3 Å². The zero-order valence-corrected chi connectivity index (χ0v) is 10.2. The smallest absolute Gasteiger partial charge is 0.356 e. The third-order valence-corrected chi connectivity index (χ3v) is 2.54. The van der Waals surface area contributed by atoms with Gasteiger partial charge in [0.05, 0.1) is 12.3 Å². The van der Waals surface area contributed by atoms with Crippen LogP contribution in [0.3, 0.4) is 0 Å². The predicted octanol–water partition coefficient (Wildman–Crippen LogP) is 2.70. The Labute approximate surface area is 104 Å². The van der Waals surface area contributed by atoms with Crippen LogP contribution in [0.5, 0.6) is 0 Å². The Hall–Kier alpha value is -2.17. The Morgan fingerprint density at radius 3 is 2.89 bits per heavy atom. The normalized spacial score (nSPS) is 10.4. The molecule has 1 heterocycles. The summed E-state index contributed by atoms with van der Waals surface area (Å²) in [5.41, 5.74) is 1.95. The number of nitrogens with zero attached hydrogens (tertiary/aromatic N) is 1. The van der Waals surface area contributed by atoms with Crippen LogP contribution in [0.2, 0.25) is 0 Å². The maximum atomic E-state index is 13.4. The fraction of sp³-hybridized carbons (Fsp3) is 0.231. The summed E-state index contributed by atoms with van der Waals surface area (Å²) in [6.07, 6.45) is 0. The van der Waals surface area contributed by atoms with Gasteiger partial charge in [-0.25, -0.2) is 9.18 Å². The topological polar surface area (TPSA) is 55.0 Å². The van der Waals surface area contributed by atoms with Crippen molar-refractivity contribution < 1.29 is 13.9 Å². The van der Waals surface area contributed by atoms with Crippen LogP contribution >= 0.6 is 0 Å². The molecule has 4 nitrogen and oxygen atoms in total. The first-order valence-corrected chi connectivity index (χ1v) is 5.61. The monoisotopic (exact) mass is 248 g/mol. The van der Waals surface area contributed by atoms with Crippen molar-refractivity contribution in [1.82, 2.24) is 10.2 Å². The highest BCUT2D eigenvalue weighted by Gasteiger charge is 2.12. The highest BCUT2D eigenvalue weighted by atomic mass is 19.1. The second kappa shape index (κ2) is 5.00. The van der Waals surface area contributed by atoms with Crippen molar-refractivity contribution in [1.29, 1.82) is 0 Å². The molecule has 0 aliphatic rings. The van der Waals surface area contributed by atoms with E-state index in [1.807, 2.05) is 0 Å². The molecule has 2 aromatic rings. The standard InChI is InChI=1S/C13H13FN2O2/c1-3-18-13(17)12-7-11(15-16-12)9-5-4-8(2)10(14)6-9/h4-7H,3H2,1-2H3,(H,15,16). The number of hydrogen-bond donors (Lipinski definition) is 1. The first-order chi connectivity index (χ1) is 8.61. The van der Waals surface area contributed by atoms with Gasteiger partial charge in [0.15, 0.2) is 0 Å². The number of ether oxygens (including phenoxy) is 1. The van der Waals surface area contributed by atoms with E-state index >= 15 is 0 Å². The molecule has 18 heavy (non-hydrogen) atoms. The molecule has 0 aliphatic heterocycles. The Morgan fingerprint density at radius 1 is 1.44 bits per heavy atom. The van der Waals surface area contributed by atoms with E-state index in [2.05, 4.69) is 10.2 Å². The zero-order chi connectivity index (χ0) is 13.1. The molecule has 1 aromatic heterocycles. The molecule has 0 fully saturated rings. The van der Waals surface area contributed by atoms with Gasteiger partial charge in [-0.3, -0.25) is 5.10 Å². The Morgan fingerprint density at radius 2 is 2.22 bits per heavy atom. The number of carbonyl (C=O) groups excluding carboxylic acids is 1. The summed E-state index contributed by atoms with van der Waals surface area (Å²) in [5.74, 6) is -0.767. The highest BCUT2D eigenvalue weighted by Crippen LogP contribution is 2.20. The van der Waals surface area contributed by atoms with Crippen LogP contribution in [0.1, 0.15) is 23.0 Å². The molecule has 1 N–H and O–H groups in total. The van der Waals surface area contributed by atoms with E-state index in [1.54, 1.807) is 32.0 Å². The van der Waals surface area contributed by atoms with Gasteiger partial charge in [0.2, 0.25) is 0 Å². The largest absolute Gasteiger partial charge is 0.461 e. The average molecular weight is 248 g/mol. The number of rotatable bonds is 3. The fourth-order valence-corrected chi connectivity index (χ4v) is 1.54. The van der Waals surface area contributed by atoms with E-state index in [1.165, 1.54) is 6.07 Å². The summed E-state index contributed by atoms with van der Waals surface area (Å²) >= 11 is 0. The summed E-state index contributed by atoms with van der Waals surface area (Å²) in [5, 5.41) is 6.54. The van der Waals surface area contributed by atoms with E-state index in [-0.39, 0.29) is 11.5 Å². The summed E-state index contributed by atoms with van der Waals surface area (Å²) in [4.78, 5) is 11.4. The Kier molecular flexibility index (Phi) is 3.41. The van der Waals surface area contributed by atoms with Crippen molar-refractivity contribution in [2.45, 2.75) is 13.8 Å². The van der Waals surface area contributed by atoms with E-state index in [4.69, 9.17) is 4.74 Å². The average Bonchev–Trinajstić information content (AvgIpc) is 2.82. The van der Waals surface area contributed by atoms with Gasteiger partial charge in [0.1, 0.15) is 11.5 Å². The maximum Gasteiger partial charge on any atom is 0.356 e. The van der Waals surface area contributed by atoms with Gasteiger partial charge in [-0.2, -0.15) is 5.10 Å². The molecule has 0 aliphatic carbocycles. The van der Waals surface area contributed by atoms with Crippen molar-refractivity contribution >= 4 is 5.97 Å². The third-order valence-electron chi connectivity index (χ3n) is 2.54. The molecule has 2 rings (SSSR count). The molecule has 0 atom stereocenters. The van der Waals surface area contributed by atoms with Crippen molar-refractivity contribution in [3.05, 3.63) is 41.3 Å². The SMILES string of the molecule is CCOC(=O)c1cc(-c2ccc(C)c(F)c2)n[nH]1. The molecule has 1 aromatic carbocycles. The van der Waals surface area contributed by atoms with E-state index in [9.17, 15) is 9.18 Å². The van der Waals surface area contributed by atoms with Gasteiger partial charge in [-0.15, -0.1) is 0 Å². The number of aryl methyl sites for hydroxylation is 1. The van der Waals surface area contributed by atoms with Gasteiger partial charge in [0, 0.05) is 5.56 Å². The van der Waals surface area contributed by atoms with E-state index < -0.39 is 5.97 Å². The van der Waals surface area contributed by atoms with Crippen molar-refractivity contribution in [2.24, 2.45) is 0 Å². The number of aromatic nitrogens is 2. The lowest BCUT2D eigenvalue weighted by atomic mass is 10.1. The molecule has 5 heteroatoms. The minimum absolute atomic E-state index is 0.257. The second-order valence-corrected chi connectivity index (χ2v) is 3.85. The van der Waals surface area contributed by atoms with E-state index in [0.717, 1.165) is 0 Å². The van der Waals surface area contributed by atoms with Gasteiger partial charge in [0.25, 0.3) is 0 Å². The van der Waals surface area contributed by atoms with Crippen molar-refractivity contribution in [2.75, 3.05) is 6.61 Å². The number of benzene rings is 1. The molecule has 0 bridgehead atoms. The number of aromatic amines is 1. The van der Waals surface area contributed by atoms with Crippen molar-refractivity contribution in [3.8, 4) is 11.3 Å². The quantitative estimate of drug-likeness (QED) is 0.850. The maximum absolute atomic E-state index is 13.4. The Balaban J connectivity index is 2.29. The first-order valence-electron chi connectivity index (χ1n) is 5.61. The van der Waals surface area contributed by atoms with Crippen LogP contribution in [0, 0.1) is 12.7 Å². The summed E-state index contributed by atoms with van der Waals surface area (Å²) in [6.45, 7) is 3.71. The van der Waals surface area contributed by atoms with Gasteiger partial charge in [-0.05, 0) is 31.5 Å². The summed E-state index contributed by atoms with van der Waals surface area (Å²) < 4.78 is 18.3. The number of H-pyrrole nitrogens is 1. The lowest BCUT2D eigenvalue weighted by Gasteiger charge is -1.99. The number of esters is 1. The number of carbonyl (C=O) groups is 1. The molecular weight excluding hydrogens is 235 g/mol. The van der Waals surface area contributed by atoms with Crippen LogP contribution in [0.15, 0.2) is 24.3 Å². The number of nitrogens with one attached hydrogen (secondary N) is 1. The lowest BCUT2D eigenvalue weighted by molar-refractivity contribution is 0.0519. The highest BCUT2D eigenvalue weighted by molar-refractivity contribution is 5.88. The third kappa shape index (κ3) is 2.40. The first kappa shape index (κ1) is 12.3. The number of hydrogen-bond acceptors (Lipinski definition) is 3. The minimum Gasteiger partial charge on any atom is -0.461 e. The van der Waals surface area contributed by atoms with Crippen LogP contribution in [-0.4, -0.2) is 22.8 Å². The van der Waals surface area contributed by atoms with Crippen LogP contribution in [-0.2, 0) is 4.74 Å². The van der Waals surface area contributed by atoms with E-state index in [0.29, 0.717) is 23.4 Å². The lowest BCUT2D eigenvalue weighted by Crippen LogP contribution is -2.04. The summed E-state index contributed by atoms with van der Waals surface area (Å²) in [6, 6.07) is 6.36. The van der Waals surface area contributed by atoms with Crippen LogP contribution < -0.4 is 0 Å². The van der Waals surface area contributed by atoms with Gasteiger partial charge < -0.3 is 4.74 Å². The van der Waals surface area contributed by atoms with Crippen molar-refractivity contribution in [3.63, 3.8) is 0 Å². The molecule has 0 unspecified atom stereocenters. The second-order valence-electron chi connectivity index (χ2n) is 3.85. The predicted molar refractivity (Wildman–Crippen MR) is 64.7 cm³/mol. The minimum atomic E-state index is -0.469. The zero-order valence-electron chi connectivity index (χ0n) is 10.2. The molecular formula is C13H13FN2O2. The molecule has 0 spiro atoms. The van der Waals surface area contributed by atoms with Gasteiger partial charge >= 0.3 is 5.97 Å². The molecule has 94 valence electrons. The Bertz CT molecular complexity index is 578. The summed E-state index contributed by atoms with van der Waals surface area (Å²) in [7, 11) is 0. The van der Waals surface area contributed by atoms with Crippen LogP contribution in [0.4, 0.5) is 4.39 Å². The molecule has 0 saturated carbocycles. The molecule has 0 amide bonds. The van der Waals surface area contributed by atoms with Gasteiger partial charge in [-0.1, -0.05) is 12.1 Å². The fourth-order valence-electron chi connectivity index (χ4n) is 1.54. The molecule has 0 saturated heterocycles. The number of halogens is 1. The molecule has 0 radical (unpaired) electrons.